The van der Waals surface area contributed by atoms with E-state index in [-0.39, 0.29) is 5.92 Å². The molecule has 0 spiro atoms. The number of ketones is 1. The van der Waals surface area contributed by atoms with Crippen LogP contribution in [0.3, 0.4) is 0 Å². The minimum absolute atomic E-state index is 0.175. The fraction of sp³-hybridized carbons (Fsp3) is 0.692. The molecule has 0 aromatic carbocycles. The standard InChI is InChI=1S/C13H19NOS2/c1-3-16-13(17-4-2)12(9-14)10-6-5-7-11(15)8-10/h10H,3-8H2,1-2H3. The van der Waals surface area contributed by atoms with Crippen molar-refractivity contribution in [2.45, 2.75) is 39.5 Å². The minimum Gasteiger partial charge on any atom is -0.300 e. The number of carbonyl (C=O) groups is 1. The molecule has 2 nitrogen and oxygen atoms in total. The first kappa shape index (κ1) is 14.7. The highest BCUT2D eigenvalue weighted by atomic mass is 32.2. The molecule has 1 atom stereocenters. The molecule has 0 saturated heterocycles. The molecule has 0 amide bonds. The Morgan fingerprint density at radius 2 is 2.06 bits per heavy atom. The van der Waals surface area contributed by atoms with E-state index in [9.17, 15) is 10.1 Å². The maximum atomic E-state index is 11.5. The van der Waals surface area contributed by atoms with Gasteiger partial charge in [-0.15, -0.1) is 23.5 Å². The lowest BCUT2D eigenvalue weighted by atomic mass is 9.84. The Morgan fingerprint density at radius 3 is 2.53 bits per heavy atom. The van der Waals surface area contributed by atoms with E-state index in [0.29, 0.717) is 18.6 Å². The van der Waals surface area contributed by atoms with E-state index in [1.54, 1.807) is 23.5 Å². The van der Waals surface area contributed by atoms with Gasteiger partial charge in [0.05, 0.1) is 15.9 Å². The molecule has 0 aromatic rings. The highest BCUT2D eigenvalue weighted by molar-refractivity contribution is 8.22. The van der Waals surface area contributed by atoms with Crippen LogP contribution in [0.5, 0.6) is 0 Å². The van der Waals surface area contributed by atoms with Crippen LogP contribution in [0.15, 0.2) is 9.81 Å². The van der Waals surface area contributed by atoms with Crippen LogP contribution in [0.4, 0.5) is 0 Å². The fourth-order valence-electron chi connectivity index (χ4n) is 2.03. The average Bonchev–Trinajstić information content (AvgIpc) is 2.31. The van der Waals surface area contributed by atoms with E-state index < -0.39 is 0 Å². The molecule has 1 fully saturated rings. The normalized spacial score (nSPS) is 19.8. The second-order valence-electron chi connectivity index (χ2n) is 4.01. The zero-order valence-corrected chi connectivity index (χ0v) is 12.1. The Bertz CT molecular complexity index is 336. The van der Waals surface area contributed by atoms with Gasteiger partial charge in [-0.05, 0) is 24.3 Å². The molecule has 94 valence electrons. The number of allylic oxidation sites excluding steroid dienone is 1. The molecule has 1 saturated carbocycles. The van der Waals surface area contributed by atoms with Crippen LogP contribution in [0.2, 0.25) is 0 Å². The smallest absolute Gasteiger partial charge is 0.133 e. The van der Waals surface area contributed by atoms with E-state index >= 15 is 0 Å². The number of hydrogen-bond acceptors (Lipinski definition) is 4. The van der Waals surface area contributed by atoms with Crippen molar-refractivity contribution < 1.29 is 4.79 Å². The summed E-state index contributed by atoms with van der Waals surface area (Å²) < 4.78 is 1.14. The van der Waals surface area contributed by atoms with E-state index in [0.717, 1.165) is 34.2 Å². The summed E-state index contributed by atoms with van der Waals surface area (Å²) in [5.74, 6) is 2.45. The van der Waals surface area contributed by atoms with E-state index in [4.69, 9.17) is 0 Å². The van der Waals surface area contributed by atoms with Gasteiger partial charge in [-0.3, -0.25) is 4.79 Å². The first-order chi connectivity index (χ1) is 8.22. The summed E-state index contributed by atoms with van der Waals surface area (Å²) in [6.45, 7) is 4.20. The second kappa shape index (κ2) is 7.84. The van der Waals surface area contributed by atoms with Crippen LogP contribution in [-0.4, -0.2) is 17.3 Å². The maximum absolute atomic E-state index is 11.5. The zero-order valence-electron chi connectivity index (χ0n) is 10.5. The van der Waals surface area contributed by atoms with E-state index in [1.807, 2.05) is 0 Å². The van der Waals surface area contributed by atoms with E-state index in [1.165, 1.54) is 0 Å². The first-order valence-corrected chi connectivity index (χ1v) is 8.11. The molecule has 1 aliphatic carbocycles. The number of carbonyl (C=O) groups excluding carboxylic acids is 1. The number of Topliss-reactive ketones (excluding diaryl/α,β-unsaturated/α-hetero) is 1. The molecule has 0 bridgehead atoms. The monoisotopic (exact) mass is 269 g/mol. The average molecular weight is 269 g/mol. The van der Waals surface area contributed by atoms with Crippen LogP contribution in [0.1, 0.15) is 39.5 Å². The van der Waals surface area contributed by atoms with Gasteiger partial charge in [-0.2, -0.15) is 5.26 Å². The first-order valence-electron chi connectivity index (χ1n) is 6.14. The summed E-state index contributed by atoms with van der Waals surface area (Å²) in [5.41, 5.74) is 0.858. The molecule has 0 N–H and O–H groups in total. The summed E-state index contributed by atoms with van der Waals surface area (Å²) >= 11 is 3.47. The van der Waals surface area contributed by atoms with Gasteiger partial charge in [0.1, 0.15) is 5.78 Å². The van der Waals surface area contributed by atoms with Crippen LogP contribution < -0.4 is 0 Å². The summed E-state index contributed by atoms with van der Waals surface area (Å²) in [5, 5.41) is 9.34. The molecule has 17 heavy (non-hydrogen) atoms. The van der Waals surface area contributed by atoms with Crippen molar-refractivity contribution in [3.05, 3.63) is 9.81 Å². The number of thioether (sulfide) groups is 2. The third kappa shape index (κ3) is 4.40. The molecule has 0 heterocycles. The maximum Gasteiger partial charge on any atom is 0.133 e. The van der Waals surface area contributed by atoms with Crippen LogP contribution in [0.25, 0.3) is 0 Å². The molecule has 1 aliphatic rings. The Kier molecular flexibility index (Phi) is 6.76. The molecule has 4 heteroatoms. The van der Waals surface area contributed by atoms with Gasteiger partial charge in [-0.25, -0.2) is 0 Å². The lowest BCUT2D eigenvalue weighted by Crippen LogP contribution is -2.17. The highest BCUT2D eigenvalue weighted by Gasteiger charge is 2.25. The lowest BCUT2D eigenvalue weighted by molar-refractivity contribution is -0.121. The number of nitriles is 1. The molecule has 0 aliphatic heterocycles. The van der Waals surface area contributed by atoms with Gasteiger partial charge in [0, 0.05) is 18.8 Å². The van der Waals surface area contributed by atoms with Crippen molar-refractivity contribution in [2.24, 2.45) is 5.92 Å². The molecule has 0 radical (unpaired) electrons. The quantitative estimate of drug-likeness (QED) is 0.708. The predicted octanol–water partition coefficient (Wildman–Crippen LogP) is 3.99. The van der Waals surface area contributed by atoms with Crippen molar-refractivity contribution in [3.8, 4) is 6.07 Å². The Morgan fingerprint density at radius 1 is 1.41 bits per heavy atom. The SMILES string of the molecule is CCSC(SCC)=C(C#N)C1CCCC(=O)C1. The van der Waals surface area contributed by atoms with Crippen LogP contribution in [0, 0.1) is 17.2 Å². The number of nitrogens with zero attached hydrogens (tertiary/aromatic N) is 1. The van der Waals surface area contributed by atoms with Gasteiger partial charge < -0.3 is 0 Å². The van der Waals surface area contributed by atoms with Crippen molar-refractivity contribution in [1.82, 2.24) is 0 Å². The lowest BCUT2D eigenvalue weighted by Gasteiger charge is -2.22. The largest absolute Gasteiger partial charge is 0.300 e. The second-order valence-corrected chi connectivity index (χ2v) is 6.82. The molecular formula is C13H19NOS2. The molecule has 0 aromatic heterocycles. The Balaban J connectivity index is 2.88. The Labute approximate surface area is 112 Å². The van der Waals surface area contributed by atoms with Gasteiger partial charge in [0.2, 0.25) is 0 Å². The third-order valence-electron chi connectivity index (χ3n) is 2.78. The molecule has 1 rings (SSSR count). The Hall–Kier alpha value is -0.400. The van der Waals surface area contributed by atoms with Gasteiger partial charge >= 0.3 is 0 Å². The van der Waals surface area contributed by atoms with Crippen molar-refractivity contribution in [2.75, 3.05) is 11.5 Å². The summed E-state index contributed by atoms with van der Waals surface area (Å²) in [7, 11) is 0. The van der Waals surface area contributed by atoms with Crippen LogP contribution >= 0.6 is 23.5 Å². The molecule has 1 unspecified atom stereocenters. The zero-order chi connectivity index (χ0) is 12.7. The summed E-state index contributed by atoms with van der Waals surface area (Å²) in [6, 6.07) is 2.35. The van der Waals surface area contributed by atoms with Crippen molar-refractivity contribution >= 4 is 29.3 Å². The predicted molar refractivity (Wildman–Crippen MR) is 75.9 cm³/mol. The van der Waals surface area contributed by atoms with Gasteiger partial charge in [-0.1, -0.05) is 13.8 Å². The van der Waals surface area contributed by atoms with Crippen LogP contribution in [-0.2, 0) is 4.79 Å². The van der Waals surface area contributed by atoms with Crippen molar-refractivity contribution in [1.29, 1.82) is 5.26 Å². The van der Waals surface area contributed by atoms with Gasteiger partial charge in [0.25, 0.3) is 0 Å². The number of hydrogen-bond donors (Lipinski definition) is 0. The highest BCUT2D eigenvalue weighted by Crippen LogP contribution is 2.38. The molecular weight excluding hydrogens is 250 g/mol. The fourth-order valence-corrected chi connectivity index (χ4v) is 4.33. The number of rotatable bonds is 5. The minimum atomic E-state index is 0.175. The van der Waals surface area contributed by atoms with Gasteiger partial charge in [0.15, 0.2) is 0 Å². The summed E-state index contributed by atoms with van der Waals surface area (Å²) in [4.78, 5) is 11.5. The van der Waals surface area contributed by atoms with E-state index in [2.05, 4.69) is 19.9 Å². The summed E-state index contributed by atoms with van der Waals surface area (Å²) in [6.07, 6.45) is 3.20. The topological polar surface area (TPSA) is 40.9 Å². The van der Waals surface area contributed by atoms with Crippen molar-refractivity contribution in [3.63, 3.8) is 0 Å². The third-order valence-corrected chi connectivity index (χ3v) is 5.03.